The van der Waals surface area contributed by atoms with Gasteiger partial charge in [0.05, 0.1) is 5.69 Å². The van der Waals surface area contributed by atoms with Crippen LogP contribution in [0, 0.1) is 13.8 Å². The van der Waals surface area contributed by atoms with Crippen LogP contribution in [0.4, 0.5) is 0 Å². The summed E-state index contributed by atoms with van der Waals surface area (Å²) in [6, 6.07) is 7.51. The highest BCUT2D eigenvalue weighted by atomic mass is 16.5. The number of aryl methyl sites for hydroxylation is 2. The maximum atomic E-state index is 12.5. The molecule has 0 bridgehead atoms. The van der Waals surface area contributed by atoms with Crippen molar-refractivity contribution < 1.29 is 14.3 Å². The van der Waals surface area contributed by atoms with E-state index in [0.717, 1.165) is 22.5 Å². The van der Waals surface area contributed by atoms with Crippen LogP contribution in [-0.4, -0.2) is 27.6 Å². The second-order valence-corrected chi connectivity index (χ2v) is 8.10. The van der Waals surface area contributed by atoms with Crippen LogP contribution >= 0.6 is 0 Å². The van der Waals surface area contributed by atoms with Crippen LogP contribution in [0.2, 0.25) is 0 Å². The van der Waals surface area contributed by atoms with Crippen molar-refractivity contribution in [2.75, 3.05) is 0 Å². The zero-order chi connectivity index (χ0) is 20.4. The van der Waals surface area contributed by atoms with Crippen LogP contribution in [0.25, 0.3) is 0 Å². The second-order valence-electron chi connectivity index (χ2n) is 8.10. The van der Waals surface area contributed by atoms with Crippen LogP contribution < -0.4 is 0 Å². The van der Waals surface area contributed by atoms with Gasteiger partial charge in [-0.05, 0) is 43.7 Å². The van der Waals surface area contributed by atoms with Gasteiger partial charge in [-0.15, -0.1) is 0 Å². The Morgan fingerprint density at radius 3 is 2.22 bits per heavy atom. The van der Waals surface area contributed by atoms with Crippen LogP contribution in [0.1, 0.15) is 67.0 Å². The quantitative estimate of drug-likeness (QED) is 0.568. The minimum absolute atomic E-state index is 0.0300. The summed E-state index contributed by atoms with van der Waals surface area (Å²) >= 11 is 0. The number of hydrogen-bond donors (Lipinski definition) is 0. The summed E-state index contributed by atoms with van der Waals surface area (Å²) in [7, 11) is 1.88. The Hall–Kier alpha value is -2.43. The first-order valence-corrected chi connectivity index (χ1v) is 9.34. The average molecular weight is 370 g/mol. The third-order valence-electron chi connectivity index (χ3n) is 4.95. The van der Waals surface area contributed by atoms with Crippen molar-refractivity contribution in [2.24, 2.45) is 7.05 Å². The summed E-state index contributed by atoms with van der Waals surface area (Å²) in [5.41, 5.74) is 4.77. The molecule has 1 unspecified atom stereocenters. The summed E-state index contributed by atoms with van der Waals surface area (Å²) < 4.78 is 7.17. The van der Waals surface area contributed by atoms with E-state index >= 15 is 0 Å². The van der Waals surface area contributed by atoms with E-state index < -0.39 is 6.10 Å². The highest BCUT2D eigenvalue weighted by Crippen LogP contribution is 2.23. The van der Waals surface area contributed by atoms with E-state index in [1.54, 1.807) is 19.1 Å². The molecule has 5 nitrogen and oxygen atoms in total. The molecule has 27 heavy (non-hydrogen) atoms. The van der Waals surface area contributed by atoms with Gasteiger partial charge >= 0.3 is 5.97 Å². The van der Waals surface area contributed by atoms with Crippen LogP contribution in [-0.2, 0) is 28.4 Å². The van der Waals surface area contributed by atoms with E-state index in [-0.39, 0.29) is 23.6 Å². The average Bonchev–Trinajstić information content (AvgIpc) is 2.83. The number of esters is 1. The van der Waals surface area contributed by atoms with Crippen molar-refractivity contribution in [3.05, 3.63) is 52.3 Å². The van der Waals surface area contributed by atoms with Gasteiger partial charge in [0.25, 0.3) is 0 Å². The molecular weight excluding hydrogens is 340 g/mol. The van der Waals surface area contributed by atoms with Gasteiger partial charge in [0.1, 0.15) is 0 Å². The first-order chi connectivity index (χ1) is 12.5. The summed E-state index contributed by atoms with van der Waals surface area (Å²) in [6.45, 7) is 11.9. The van der Waals surface area contributed by atoms with Gasteiger partial charge in [-0.3, -0.25) is 14.3 Å². The molecule has 146 valence electrons. The molecule has 0 radical (unpaired) electrons. The van der Waals surface area contributed by atoms with Crippen molar-refractivity contribution >= 4 is 11.8 Å². The van der Waals surface area contributed by atoms with Gasteiger partial charge in [-0.1, -0.05) is 45.0 Å². The number of aromatic nitrogens is 2. The SMILES string of the molecule is Cc1nn(C)c(C)c1CCC(=O)OC(C)C(=O)c1ccc(C(C)(C)C)cc1. The van der Waals surface area contributed by atoms with E-state index in [1.807, 2.05) is 37.7 Å². The Morgan fingerprint density at radius 2 is 1.74 bits per heavy atom. The lowest BCUT2D eigenvalue weighted by atomic mass is 9.86. The van der Waals surface area contributed by atoms with Gasteiger partial charge in [0.2, 0.25) is 5.78 Å². The molecule has 2 aromatic rings. The molecule has 1 aromatic heterocycles. The van der Waals surface area contributed by atoms with E-state index in [0.29, 0.717) is 12.0 Å². The van der Waals surface area contributed by atoms with E-state index in [4.69, 9.17) is 4.74 Å². The van der Waals surface area contributed by atoms with Gasteiger partial charge in [0.15, 0.2) is 6.10 Å². The molecule has 0 saturated carbocycles. The number of rotatable bonds is 6. The van der Waals surface area contributed by atoms with E-state index in [9.17, 15) is 9.59 Å². The van der Waals surface area contributed by atoms with Crippen molar-refractivity contribution in [1.82, 2.24) is 9.78 Å². The number of ether oxygens (including phenoxy) is 1. The fourth-order valence-electron chi connectivity index (χ4n) is 3.09. The predicted octanol–water partition coefficient (Wildman–Crippen LogP) is 4.08. The molecule has 0 aliphatic heterocycles. The predicted molar refractivity (Wildman–Crippen MR) is 106 cm³/mol. The lowest BCUT2D eigenvalue weighted by Crippen LogP contribution is -2.24. The third kappa shape index (κ3) is 5.06. The topological polar surface area (TPSA) is 61.2 Å². The lowest BCUT2D eigenvalue weighted by Gasteiger charge is -2.19. The summed E-state index contributed by atoms with van der Waals surface area (Å²) in [5.74, 6) is -0.553. The third-order valence-corrected chi connectivity index (χ3v) is 4.95. The minimum Gasteiger partial charge on any atom is -0.454 e. The number of carbonyl (C=O) groups is 2. The molecule has 0 aliphatic rings. The van der Waals surface area contributed by atoms with Crippen molar-refractivity contribution in [3.8, 4) is 0 Å². The van der Waals surface area contributed by atoms with Crippen LogP contribution in [0.3, 0.4) is 0 Å². The Balaban J connectivity index is 1.94. The van der Waals surface area contributed by atoms with Crippen molar-refractivity contribution in [1.29, 1.82) is 0 Å². The minimum atomic E-state index is -0.797. The van der Waals surface area contributed by atoms with Crippen molar-refractivity contribution in [2.45, 2.75) is 65.9 Å². The molecule has 0 fully saturated rings. The number of benzene rings is 1. The summed E-state index contributed by atoms with van der Waals surface area (Å²) in [4.78, 5) is 24.7. The zero-order valence-corrected chi connectivity index (χ0v) is 17.4. The molecule has 0 spiro atoms. The second kappa shape index (κ2) is 8.07. The number of carbonyl (C=O) groups excluding carboxylic acids is 2. The summed E-state index contributed by atoms with van der Waals surface area (Å²) in [6.07, 6.45) is -0.00599. The largest absolute Gasteiger partial charge is 0.454 e. The molecule has 0 N–H and O–H groups in total. The standard InChI is InChI=1S/C22H30N2O3/c1-14-19(15(2)24(7)23-14)12-13-20(25)27-16(3)21(26)17-8-10-18(11-9-17)22(4,5)6/h8-11,16H,12-13H2,1-7H3. The van der Waals surface area contributed by atoms with Crippen LogP contribution in [0.15, 0.2) is 24.3 Å². The van der Waals surface area contributed by atoms with Gasteiger partial charge < -0.3 is 4.74 Å². The molecule has 1 heterocycles. The molecular formula is C22H30N2O3. The highest BCUT2D eigenvalue weighted by Gasteiger charge is 2.21. The van der Waals surface area contributed by atoms with Crippen molar-refractivity contribution in [3.63, 3.8) is 0 Å². The summed E-state index contributed by atoms with van der Waals surface area (Å²) in [5, 5.41) is 4.35. The number of nitrogens with zero attached hydrogens (tertiary/aromatic N) is 2. The first kappa shape index (κ1) is 20.9. The fourth-order valence-corrected chi connectivity index (χ4v) is 3.09. The Kier molecular flexibility index (Phi) is 6.24. The lowest BCUT2D eigenvalue weighted by molar-refractivity contribution is -0.146. The smallest absolute Gasteiger partial charge is 0.306 e. The van der Waals surface area contributed by atoms with Gasteiger partial charge in [-0.2, -0.15) is 5.10 Å². The number of Topliss-reactive ketones (excluding diaryl/α,β-unsaturated/α-hetero) is 1. The monoisotopic (exact) mass is 370 g/mol. The number of hydrogen-bond acceptors (Lipinski definition) is 4. The molecule has 0 amide bonds. The molecule has 1 aromatic carbocycles. The fraction of sp³-hybridized carbons (Fsp3) is 0.500. The van der Waals surface area contributed by atoms with E-state index in [2.05, 4.69) is 25.9 Å². The highest BCUT2D eigenvalue weighted by molar-refractivity contribution is 6.00. The Morgan fingerprint density at radius 1 is 1.15 bits per heavy atom. The molecule has 0 aliphatic carbocycles. The molecule has 2 rings (SSSR count). The first-order valence-electron chi connectivity index (χ1n) is 9.34. The maximum Gasteiger partial charge on any atom is 0.306 e. The zero-order valence-electron chi connectivity index (χ0n) is 17.4. The Bertz CT molecular complexity index is 826. The van der Waals surface area contributed by atoms with Gasteiger partial charge in [-0.25, -0.2) is 0 Å². The molecule has 5 heteroatoms. The maximum absolute atomic E-state index is 12.5. The van der Waals surface area contributed by atoms with E-state index in [1.165, 1.54) is 0 Å². The number of ketones is 1. The van der Waals surface area contributed by atoms with Gasteiger partial charge in [0, 0.05) is 24.7 Å². The molecule has 0 saturated heterocycles. The molecule has 1 atom stereocenters. The normalized spacial score (nSPS) is 12.7. The Labute approximate surface area is 161 Å². The van der Waals surface area contributed by atoms with Crippen LogP contribution in [0.5, 0.6) is 0 Å².